The fraction of sp³-hybridized carbons (Fsp3) is 0.429. The highest BCUT2D eigenvalue weighted by Crippen LogP contribution is 2.14. The topological polar surface area (TPSA) is 49.4 Å². The van der Waals surface area contributed by atoms with E-state index in [1.807, 2.05) is 0 Å². The van der Waals surface area contributed by atoms with Gasteiger partial charge in [-0.25, -0.2) is 4.39 Å². The first kappa shape index (κ1) is 14.8. The van der Waals surface area contributed by atoms with Gasteiger partial charge in [0.2, 0.25) is 5.91 Å². The third-order valence-electron chi connectivity index (χ3n) is 3.29. The molecule has 1 N–H and O–H groups in total. The molecule has 1 heterocycles. The molecule has 0 spiro atoms. The first-order valence-electron chi connectivity index (χ1n) is 6.50. The Bertz CT molecular complexity index is 492. The predicted molar refractivity (Wildman–Crippen MR) is 74.2 cm³/mol. The summed E-state index contributed by atoms with van der Waals surface area (Å²) in [4.78, 5) is 25.2. The molecule has 0 unspecified atom stereocenters. The number of alkyl halides is 1. The number of halogens is 2. The lowest BCUT2D eigenvalue weighted by Gasteiger charge is -2.33. The van der Waals surface area contributed by atoms with Crippen molar-refractivity contribution in [1.82, 2.24) is 10.2 Å². The molecule has 20 heavy (non-hydrogen) atoms. The van der Waals surface area contributed by atoms with Crippen molar-refractivity contribution < 1.29 is 14.0 Å². The minimum atomic E-state index is -0.368. The van der Waals surface area contributed by atoms with Crippen molar-refractivity contribution in [3.05, 3.63) is 35.6 Å². The van der Waals surface area contributed by atoms with Gasteiger partial charge in [-0.15, -0.1) is 11.6 Å². The van der Waals surface area contributed by atoms with E-state index in [4.69, 9.17) is 11.6 Å². The van der Waals surface area contributed by atoms with Crippen LogP contribution in [0.4, 0.5) is 4.39 Å². The van der Waals surface area contributed by atoms with Crippen molar-refractivity contribution in [3.63, 3.8) is 0 Å². The Hall–Kier alpha value is -1.62. The third kappa shape index (κ3) is 3.70. The highest BCUT2D eigenvalue weighted by atomic mass is 35.5. The van der Waals surface area contributed by atoms with Gasteiger partial charge in [0.1, 0.15) is 11.7 Å². The van der Waals surface area contributed by atoms with Gasteiger partial charge < -0.3 is 10.2 Å². The highest BCUT2D eigenvalue weighted by molar-refractivity contribution is 6.27. The lowest BCUT2D eigenvalue weighted by Crippen LogP contribution is -2.49. The van der Waals surface area contributed by atoms with Crippen molar-refractivity contribution >= 4 is 23.4 Å². The highest BCUT2D eigenvalue weighted by Gasteiger charge is 2.25. The molecular weight excluding hydrogens is 283 g/mol. The summed E-state index contributed by atoms with van der Waals surface area (Å²) >= 11 is 5.45. The second kappa shape index (κ2) is 6.70. The van der Waals surface area contributed by atoms with E-state index in [-0.39, 0.29) is 29.6 Å². The summed E-state index contributed by atoms with van der Waals surface area (Å²) in [6.45, 7) is 1.10. The predicted octanol–water partition coefficient (Wildman–Crippen LogP) is 1.79. The Labute approximate surface area is 121 Å². The maximum absolute atomic E-state index is 12.9. The number of rotatable bonds is 3. The van der Waals surface area contributed by atoms with Crippen molar-refractivity contribution in [3.8, 4) is 0 Å². The molecule has 1 aliphatic rings. The zero-order valence-electron chi connectivity index (χ0n) is 10.9. The largest absolute Gasteiger partial charge is 0.351 e. The maximum atomic E-state index is 12.9. The number of hydrogen-bond acceptors (Lipinski definition) is 2. The van der Waals surface area contributed by atoms with Crippen LogP contribution in [0.1, 0.15) is 23.2 Å². The number of nitrogens with zero attached hydrogens (tertiary/aromatic N) is 1. The number of piperidine rings is 1. The lowest BCUT2D eigenvalue weighted by molar-refractivity contribution is -0.119. The van der Waals surface area contributed by atoms with Crippen molar-refractivity contribution in [2.24, 2.45) is 0 Å². The van der Waals surface area contributed by atoms with Gasteiger partial charge in [-0.2, -0.15) is 0 Å². The summed E-state index contributed by atoms with van der Waals surface area (Å²) in [7, 11) is 0. The average molecular weight is 299 g/mol. The molecule has 1 aromatic rings. The Morgan fingerprint density at radius 2 is 2.05 bits per heavy atom. The van der Waals surface area contributed by atoms with E-state index >= 15 is 0 Å². The molecule has 0 radical (unpaired) electrons. The summed E-state index contributed by atoms with van der Waals surface area (Å²) in [6.07, 6.45) is 1.65. The van der Waals surface area contributed by atoms with Crippen LogP contribution in [-0.4, -0.2) is 41.7 Å². The standard InChI is InChI=1S/C14H16ClFN2O2/c15-8-13(19)17-12-2-1-7-18(9-12)14(20)10-3-5-11(16)6-4-10/h3-6,12H,1-2,7-9H2,(H,17,19)/t12-/m1/s1. The normalized spacial score (nSPS) is 18.7. The number of amides is 2. The second-order valence-corrected chi connectivity index (χ2v) is 5.07. The number of benzene rings is 1. The number of nitrogens with one attached hydrogen (secondary N) is 1. The number of carbonyl (C=O) groups is 2. The minimum absolute atomic E-state index is 0.0700. The lowest BCUT2D eigenvalue weighted by atomic mass is 10.0. The molecule has 1 saturated heterocycles. The smallest absolute Gasteiger partial charge is 0.253 e. The molecule has 108 valence electrons. The number of likely N-dealkylation sites (tertiary alicyclic amines) is 1. The SMILES string of the molecule is O=C(CCl)N[C@@H]1CCCN(C(=O)c2ccc(F)cc2)C1. The van der Waals surface area contributed by atoms with Gasteiger partial charge in [0.15, 0.2) is 0 Å². The van der Waals surface area contributed by atoms with Crippen LogP contribution in [-0.2, 0) is 4.79 Å². The molecule has 0 aliphatic carbocycles. The number of carbonyl (C=O) groups excluding carboxylic acids is 2. The molecule has 1 aromatic carbocycles. The van der Waals surface area contributed by atoms with Crippen LogP contribution in [0.5, 0.6) is 0 Å². The van der Waals surface area contributed by atoms with E-state index in [1.165, 1.54) is 24.3 Å². The van der Waals surface area contributed by atoms with Crippen LogP contribution in [0.3, 0.4) is 0 Å². The van der Waals surface area contributed by atoms with Gasteiger partial charge in [0.05, 0.1) is 0 Å². The van der Waals surface area contributed by atoms with Crippen LogP contribution in [0, 0.1) is 5.82 Å². The summed E-state index contributed by atoms with van der Waals surface area (Å²) in [5.74, 6) is -0.822. The van der Waals surface area contributed by atoms with Gasteiger partial charge in [0.25, 0.3) is 5.91 Å². The van der Waals surface area contributed by atoms with E-state index in [1.54, 1.807) is 4.90 Å². The number of hydrogen-bond donors (Lipinski definition) is 1. The first-order chi connectivity index (χ1) is 9.60. The molecule has 1 fully saturated rings. The summed E-state index contributed by atoms with van der Waals surface area (Å²) in [5, 5.41) is 2.79. The van der Waals surface area contributed by atoms with Crippen LogP contribution in [0.2, 0.25) is 0 Å². The van der Waals surface area contributed by atoms with E-state index in [9.17, 15) is 14.0 Å². The van der Waals surface area contributed by atoms with Gasteiger partial charge in [-0.05, 0) is 37.1 Å². The van der Waals surface area contributed by atoms with Crippen molar-refractivity contribution in [2.75, 3.05) is 19.0 Å². The third-order valence-corrected chi connectivity index (χ3v) is 3.53. The summed E-state index contributed by atoms with van der Waals surface area (Å²) in [5.41, 5.74) is 0.454. The van der Waals surface area contributed by atoms with E-state index in [0.29, 0.717) is 18.7 Å². The molecular formula is C14H16ClFN2O2. The molecule has 2 amide bonds. The molecule has 1 atom stereocenters. The summed E-state index contributed by atoms with van der Waals surface area (Å²) < 4.78 is 12.9. The Kier molecular flexibility index (Phi) is 4.95. The quantitative estimate of drug-likeness (QED) is 0.865. The molecule has 0 bridgehead atoms. The first-order valence-corrected chi connectivity index (χ1v) is 7.04. The van der Waals surface area contributed by atoms with E-state index in [2.05, 4.69) is 5.32 Å². The minimum Gasteiger partial charge on any atom is -0.351 e. The van der Waals surface area contributed by atoms with Crippen LogP contribution < -0.4 is 5.32 Å². The maximum Gasteiger partial charge on any atom is 0.253 e. The monoisotopic (exact) mass is 298 g/mol. The molecule has 1 aliphatic heterocycles. The fourth-order valence-electron chi connectivity index (χ4n) is 2.32. The molecule has 2 rings (SSSR count). The Balaban J connectivity index is 1.99. The van der Waals surface area contributed by atoms with E-state index in [0.717, 1.165) is 12.8 Å². The fourth-order valence-corrected chi connectivity index (χ4v) is 2.40. The Morgan fingerprint density at radius 3 is 2.70 bits per heavy atom. The molecule has 6 heteroatoms. The van der Waals surface area contributed by atoms with Gasteiger partial charge in [-0.1, -0.05) is 0 Å². The zero-order chi connectivity index (χ0) is 14.5. The average Bonchev–Trinajstić information content (AvgIpc) is 2.47. The van der Waals surface area contributed by atoms with Gasteiger partial charge >= 0.3 is 0 Å². The van der Waals surface area contributed by atoms with Crippen LogP contribution in [0.15, 0.2) is 24.3 Å². The Morgan fingerprint density at radius 1 is 1.35 bits per heavy atom. The van der Waals surface area contributed by atoms with Crippen molar-refractivity contribution in [1.29, 1.82) is 0 Å². The van der Waals surface area contributed by atoms with Crippen LogP contribution >= 0.6 is 11.6 Å². The van der Waals surface area contributed by atoms with Crippen molar-refractivity contribution in [2.45, 2.75) is 18.9 Å². The molecule has 0 saturated carbocycles. The molecule has 4 nitrogen and oxygen atoms in total. The summed E-state index contributed by atoms with van der Waals surface area (Å²) in [6, 6.07) is 5.41. The van der Waals surface area contributed by atoms with Gasteiger partial charge in [-0.3, -0.25) is 9.59 Å². The molecule has 0 aromatic heterocycles. The zero-order valence-corrected chi connectivity index (χ0v) is 11.7. The van der Waals surface area contributed by atoms with Crippen LogP contribution in [0.25, 0.3) is 0 Å². The van der Waals surface area contributed by atoms with Gasteiger partial charge in [0, 0.05) is 24.7 Å². The van der Waals surface area contributed by atoms with E-state index < -0.39 is 0 Å². The second-order valence-electron chi connectivity index (χ2n) is 4.80.